The first-order valence-corrected chi connectivity index (χ1v) is 7.03. The van der Waals surface area contributed by atoms with Gasteiger partial charge in [0.2, 0.25) is 0 Å². The molecule has 0 radical (unpaired) electrons. The van der Waals surface area contributed by atoms with E-state index in [1.807, 2.05) is 0 Å². The maximum Gasteiger partial charge on any atom is 0.136 e. The molecule has 2 aromatic rings. The molecule has 1 aliphatic rings. The molecule has 3 heteroatoms. The maximum atomic E-state index is 5.41. The average Bonchev–Trinajstić information content (AvgIpc) is 2.99. The van der Waals surface area contributed by atoms with Gasteiger partial charge in [0.15, 0.2) is 0 Å². The van der Waals surface area contributed by atoms with Crippen molar-refractivity contribution < 1.29 is 4.74 Å². The molecule has 3 rings (SSSR count). The van der Waals surface area contributed by atoms with Crippen molar-refractivity contribution >= 4 is 21.4 Å². The topological polar surface area (TPSA) is 21.3 Å². The zero-order chi connectivity index (χ0) is 11.7. The zero-order valence-corrected chi connectivity index (χ0v) is 10.8. The number of hydrogen-bond donors (Lipinski definition) is 1. The summed E-state index contributed by atoms with van der Waals surface area (Å²) in [7, 11) is 1.74. The lowest BCUT2D eigenvalue weighted by molar-refractivity contribution is 0.420. The van der Waals surface area contributed by atoms with Gasteiger partial charge in [-0.1, -0.05) is 6.07 Å². The van der Waals surface area contributed by atoms with Crippen molar-refractivity contribution in [3.05, 3.63) is 29.1 Å². The fourth-order valence-electron chi connectivity index (χ4n) is 2.63. The molecule has 1 fully saturated rings. The highest BCUT2D eigenvalue weighted by atomic mass is 32.1. The number of rotatable bonds is 3. The second-order valence-electron chi connectivity index (χ2n) is 4.59. The highest BCUT2D eigenvalue weighted by Gasteiger charge is 2.16. The summed E-state index contributed by atoms with van der Waals surface area (Å²) in [6, 6.07) is 7.19. The van der Waals surface area contributed by atoms with Crippen LogP contribution in [0.1, 0.15) is 18.4 Å². The smallest absolute Gasteiger partial charge is 0.136 e. The Balaban J connectivity index is 1.96. The summed E-state index contributed by atoms with van der Waals surface area (Å²) in [6.45, 7) is 1.17. The van der Waals surface area contributed by atoms with Crippen molar-refractivity contribution in [2.75, 3.05) is 13.7 Å². The molecule has 0 bridgehead atoms. The Hall–Kier alpha value is -1.06. The SMILES string of the molecule is COc1ccc(CC2CCCN2)c2ccsc12. The number of nitrogens with one attached hydrogen (secondary N) is 1. The summed E-state index contributed by atoms with van der Waals surface area (Å²) in [5, 5.41) is 7.08. The molecule has 1 aromatic heterocycles. The van der Waals surface area contributed by atoms with Crippen LogP contribution >= 0.6 is 11.3 Å². The van der Waals surface area contributed by atoms with Crippen LogP contribution in [0.25, 0.3) is 10.1 Å². The molecule has 0 saturated carbocycles. The first kappa shape index (κ1) is 11.1. The number of hydrogen-bond acceptors (Lipinski definition) is 3. The van der Waals surface area contributed by atoms with E-state index in [0.717, 1.165) is 12.2 Å². The standard InChI is InChI=1S/C14H17NOS/c1-16-13-5-4-10(9-11-3-2-7-15-11)12-6-8-17-14(12)13/h4-6,8,11,15H,2-3,7,9H2,1H3. The molecule has 1 unspecified atom stereocenters. The van der Waals surface area contributed by atoms with Gasteiger partial charge in [0.05, 0.1) is 11.8 Å². The number of thiophene rings is 1. The van der Waals surface area contributed by atoms with Crippen molar-refractivity contribution in [1.82, 2.24) is 5.32 Å². The summed E-state index contributed by atoms with van der Waals surface area (Å²) in [5.41, 5.74) is 1.45. The lowest BCUT2D eigenvalue weighted by Crippen LogP contribution is -2.23. The van der Waals surface area contributed by atoms with Crippen LogP contribution in [0, 0.1) is 0 Å². The molecule has 1 saturated heterocycles. The molecule has 90 valence electrons. The first-order valence-electron chi connectivity index (χ1n) is 6.15. The van der Waals surface area contributed by atoms with Gasteiger partial charge in [-0.3, -0.25) is 0 Å². The number of fused-ring (bicyclic) bond motifs is 1. The van der Waals surface area contributed by atoms with Crippen molar-refractivity contribution in [3.63, 3.8) is 0 Å². The minimum atomic E-state index is 0.659. The lowest BCUT2D eigenvalue weighted by Gasteiger charge is -2.12. The first-order chi connectivity index (χ1) is 8.38. The monoisotopic (exact) mass is 247 g/mol. The second-order valence-corrected chi connectivity index (χ2v) is 5.50. The molecule has 1 atom stereocenters. The highest BCUT2D eigenvalue weighted by molar-refractivity contribution is 7.17. The zero-order valence-electron chi connectivity index (χ0n) is 10.0. The molecule has 0 spiro atoms. The predicted octanol–water partition coefficient (Wildman–Crippen LogP) is 3.20. The highest BCUT2D eigenvalue weighted by Crippen LogP contribution is 2.33. The third-order valence-electron chi connectivity index (χ3n) is 3.52. The van der Waals surface area contributed by atoms with E-state index in [1.54, 1.807) is 18.4 Å². The van der Waals surface area contributed by atoms with E-state index < -0.39 is 0 Å². The summed E-state index contributed by atoms with van der Waals surface area (Å²) < 4.78 is 6.69. The molecule has 0 aliphatic carbocycles. The van der Waals surface area contributed by atoms with Crippen LogP contribution < -0.4 is 10.1 Å². The van der Waals surface area contributed by atoms with Gasteiger partial charge < -0.3 is 10.1 Å². The van der Waals surface area contributed by atoms with E-state index in [1.165, 1.54) is 35.0 Å². The molecule has 17 heavy (non-hydrogen) atoms. The summed E-state index contributed by atoms with van der Waals surface area (Å²) >= 11 is 1.77. The van der Waals surface area contributed by atoms with E-state index in [2.05, 4.69) is 28.9 Å². The third-order valence-corrected chi connectivity index (χ3v) is 4.45. The Morgan fingerprint density at radius 1 is 1.41 bits per heavy atom. The van der Waals surface area contributed by atoms with Gasteiger partial charge >= 0.3 is 0 Å². The largest absolute Gasteiger partial charge is 0.495 e. The Bertz CT molecular complexity index is 514. The van der Waals surface area contributed by atoms with E-state index >= 15 is 0 Å². The molecule has 2 heterocycles. The van der Waals surface area contributed by atoms with E-state index in [4.69, 9.17) is 4.74 Å². The van der Waals surface area contributed by atoms with Crippen LogP contribution in [0.5, 0.6) is 5.75 Å². The normalized spacial score (nSPS) is 19.9. The van der Waals surface area contributed by atoms with Crippen LogP contribution in [-0.4, -0.2) is 19.7 Å². The second kappa shape index (κ2) is 4.67. The van der Waals surface area contributed by atoms with Crippen LogP contribution in [0.15, 0.2) is 23.6 Å². The van der Waals surface area contributed by atoms with Gasteiger partial charge in [0, 0.05) is 6.04 Å². The molecule has 0 amide bonds. The number of methoxy groups -OCH3 is 1. The van der Waals surface area contributed by atoms with Crippen LogP contribution in [-0.2, 0) is 6.42 Å². The van der Waals surface area contributed by atoms with Crippen molar-refractivity contribution in [3.8, 4) is 5.75 Å². The molecule has 1 aliphatic heterocycles. The molecule has 1 N–H and O–H groups in total. The van der Waals surface area contributed by atoms with Crippen LogP contribution in [0.2, 0.25) is 0 Å². The molecule has 1 aromatic carbocycles. The predicted molar refractivity (Wildman–Crippen MR) is 73.1 cm³/mol. The Labute approximate surface area is 106 Å². The summed E-state index contributed by atoms with van der Waals surface area (Å²) in [6.07, 6.45) is 3.75. The van der Waals surface area contributed by atoms with Gasteiger partial charge in [-0.2, -0.15) is 0 Å². The van der Waals surface area contributed by atoms with E-state index in [9.17, 15) is 0 Å². The van der Waals surface area contributed by atoms with Gasteiger partial charge in [-0.25, -0.2) is 0 Å². The van der Waals surface area contributed by atoms with E-state index in [0.29, 0.717) is 6.04 Å². The third kappa shape index (κ3) is 2.05. The van der Waals surface area contributed by atoms with Crippen molar-refractivity contribution in [2.24, 2.45) is 0 Å². The minimum absolute atomic E-state index is 0.659. The average molecular weight is 247 g/mol. The number of benzene rings is 1. The number of ether oxygens (including phenoxy) is 1. The fraction of sp³-hybridized carbons (Fsp3) is 0.429. The van der Waals surface area contributed by atoms with Gasteiger partial charge in [-0.05, 0) is 54.3 Å². The van der Waals surface area contributed by atoms with Gasteiger partial charge in [0.25, 0.3) is 0 Å². The molecular formula is C14H17NOS. The maximum absolute atomic E-state index is 5.41. The van der Waals surface area contributed by atoms with Crippen LogP contribution in [0.3, 0.4) is 0 Å². The fourth-order valence-corrected chi connectivity index (χ4v) is 3.56. The Morgan fingerprint density at radius 2 is 2.35 bits per heavy atom. The summed E-state index contributed by atoms with van der Waals surface area (Å²) in [5.74, 6) is 0.998. The molecular weight excluding hydrogens is 230 g/mol. The minimum Gasteiger partial charge on any atom is -0.495 e. The van der Waals surface area contributed by atoms with Gasteiger partial charge in [-0.15, -0.1) is 11.3 Å². The van der Waals surface area contributed by atoms with E-state index in [-0.39, 0.29) is 0 Å². The Morgan fingerprint density at radius 3 is 3.12 bits per heavy atom. The van der Waals surface area contributed by atoms with Crippen molar-refractivity contribution in [2.45, 2.75) is 25.3 Å². The van der Waals surface area contributed by atoms with Crippen LogP contribution in [0.4, 0.5) is 0 Å². The quantitative estimate of drug-likeness (QED) is 0.899. The lowest BCUT2D eigenvalue weighted by atomic mass is 10.0. The molecule has 2 nitrogen and oxygen atoms in total. The Kier molecular flexibility index (Phi) is 3.04. The van der Waals surface area contributed by atoms with Crippen molar-refractivity contribution in [1.29, 1.82) is 0 Å². The van der Waals surface area contributed by atoms with Gasteiger partial charge in [0.1, 0.15) is 5.75 Å². The summed E-state index contributed by atoms with van der Waals surface area (Å²) in [4.78, 5) is 0.